The van der Waals surface area contributed by atoms with E-state index in [4.69, 9.17) is 4.74 Å². The van der Waals surface area contributed by atoms with Crippen molar-refractivity contribution >= 4 is 5.97 Å². The molecular formula is C12H17NO2. The lowest BCUT2D eigenvalue weighted by Crippen LogP contribution is -2.05. The molecule has 0 spiro atoms. The molecule has 0 radical (unpaired) electrons. The van der Waals surface area contributed by atoms with Crippen LogP contribution in [0.4, 0.5) is 0 Å². The van der Waals surface area contributed by atoms with E-state index in [9.17, 15) is 4.79 Å². The zero-order valence-corrected chi connectivity index (χ0v) is 9.25. The van der Waals surface area contributed by atoms with E-state index in [2.05, 4.69) is 29.6 Å². The molecule has 0 aliphatic heterocycles. The van der Waals surface area contributed by atoms with Crippen LogP contribution in [0.2, 0.25) is 0 Å². The van der Waals surface area contributed by atoms with E-state index >= 15 is 0 Å². The van der Waals surface area contributed by atoms with Crippen LogP contribution in [-0.4, -0.2) is 19.6 Å². The van der Waals surface area contributed by atoms with E-state index in [1.807, 2.05) is 7.05 Å². The lowest BCUT2D eigenvalue weighted by Gasteiger charge is -2.04. The highest BCUT2D eigenvalue weighted by Crippen LogP contribution is 2.05. The smallest absolute Gasteiger partial charge is 0.302 e. The Kier molecular flexibility index (Phi) is 4.84. The van der Waals surface area contributed by atoms with Crippen LogP contribution in [0.5, 0.6) is 0 Å². The van der Waals surface area contributed by atoms with Gasteiger partial charge in [0.15, 0.2) is 0 Å². The van der Waals surface area contributed by atoms with Gasteiger partial charge in [0.2, 0.25) is 0 Å². The molecule has 82 valence electrons. The van der Waals surface area contributed by atoms with Crippen molar-refractivity contribution in [3.8, 4) is 0 Å². The van der Waals surface area contributed by atoms with Gasteiger partial charge in [-0.3, -0.25) is 4.79 Å². The maximum Gasteiger partial charge on any atom is 0.302 e. The normalized spacial score (nSPS) is 10.0. The molecule has 3 heteroatoms. The molecular weight excluding hydrogens is 190 g/mol. The van der Waals surface area contributed by atoms with Gasteiger partial charge in [-0.1, -0.05) is 24.3 Å². The second-order valence-electron chi connectivity index (χ2n) is 3.44. The molecule has 0 heterocycles. The predicted octanol–water partition coefficient (Wildman–Crippen LogP) is 1.51. The summed E-state index contributed by atoms with van der Waals surface area (Å²) in [6.45, 7) is 2.76. The summed E-state index contributed by atoms with van der Waals surface area (Å²) in [5.41, 5.74) is 2.45. The minimum atomic E-state index is -0.221. The van der Waals surface area contributed by atoms with Crippen LogP contribution in [0.15, 0.2) is 24.3 Å². The van der Waals surface area contributed by atoms with E-state index in [0.29, 0.717) is 6.61 Å². The van der Waals surface area contributed by atoms with Crippen molar-refractivity contribution in [2.75, 3.05) is 13.7 Å². The minimum Gasteiger partial charge on any atom is -0.466 e. The number of carbonyl (C=O) groups is 1. The highest BCUT2D eigenvalue weighted by atomic mass is 16.5. The average molecular weight is 207 g/mol. The Balaban J connectivity index is 2.39. The Morgan fingerprint density at radius 2 is 1.87 bits per heavy atom. The molecule has 0 saturated carbocycles. The number of hydrogen-bond donors (Lipinski definition) is 1. The van der Waals surface area contributed by atoms with Gasteiger partial charge in [0.1, 0.15) is 0 Å². The third-order valence-electron chi connectivity index (χ3n) is 2.10. The minimum absolute atomic E-state index is 0.221. The first-order valence-electron chi connectivity index (χ1n) is 5.08. The SMILES string of the molecule is CNCc1ccc(CCOC(C)=O)cc1. The van der Waals surface area contributed by atoms with E-state index in [-0.39, 0.29) is 5.97 Å². The van der Waals surface area contributed by atoms with E-state index in [1.54, 1.807) is 0 Å². The molecule has 1 aromatic carbocycles. The second-order valence-corrected chi connectivity index (χ2v) is 3.44. The molecule has 15 heavy (non-hydrogen) atoms. The van der Waals surface area contributed by atoms with Gasteiger partial charge in [-0.05, 0) is 18.2 Å². The molecule has 0 aliphatic rings. The second kappa shape index (κ2) is 6.19. The van der Waals surface area contributed by atoms with E-state index in [0.717, 1.165) is 13.0 Å². The topological polar surface area (TPSA) is 38.3 Å². The monoisotopic (exact) mass is 207 g/mol. The predicted molar refractivity (Wildman–Crippen MR) is 59.5 cm³/mol. The van der Waals surface area contributed by atoms with Crippen LogP contribution >= 0.6 is 0 Å². The maximum atomic E-state index is 10.5. The van der Waals surface area contributed by atoms with Gasteiger partial charge in [0, 0.05) is 19.9 Å². The summed E-state index contributed by atoms with van der Waals surface area (Å²) >= 11 is 0. The number of hydrogen-bond acceptors (Lipinski definition) is 3. The fraction of sp³-hybridized carbons (Fsp3) is 0.417. The Morgan fingerprint density at radius 3 is 2.40 bits per heavy atom. The highest BCUT2D eigenvalue weighted by molar-refractivity contribution is 5.65. The van der Waals surface area contributed by atoms with Crippen molar-refractivity contribution < 1.29 is 9.53 Å². The number of rotatable bonds is 5. The van der Waals surface area contributed by atoms with Crippen molar-refractivity contribution in [2.45, 2.75) is 19.9 Å². The van der Waals surface area contributed by atoms with Gasteiger partial charge in [-0.25, -0.2) is 0 Å². The molecule has 0 atom stereocenters. The molecule has 0 fully saturated rings. The van der Waals surface area contributed by atoms with Gasteiger partial charge in [-0.15, -0.1) is 0 Å². The standard InChI is InChI=1S/C12H17NO2/c1-10(14)15-8-7-11-3-5-12(6-4-11)9-13-2/h3-6,13H,7-9H2,1-2H3. The van der Waals surface area contributed by atoms with Crippen LogP contribution in [0.1, 0.15) is 18.1 Å². The number of esters is 1. The first-order valence-corrected chi connectivity index (χ1v) is 5.08. The molecule has 1 rings (SSSR count). The quantitative estimate of drug-likeness (QED) is 0.744. The van der Waals surface area contributed by atoms with Crippen molar-refractivity contribution in [1.29, 1.82) is 0 Å². The lowest BCUT2D eigenvalue weighted by molar-refractivity contribution is -0.140. The molecule has 0 bridgehead atoms. The number of carbonyl (C=O) groups excluding carboxylic acids is 1. The maximum absolute atomic E-state index is 10.5. The molecule has 1 N–H and O–H groups in total. The summed E-state index contributed by atoms with van der Waals surface area (Å²) in [7, 11) is 1.93. The largest absolute Gasteiger partial charge is 0.466 e. The Morgan fingerprint density at radius 1 is 1.27 bits per heavy atom. The lowest BCUT2D eigenvalue weighted by atomic mass is 10.1. The van der Waals surface area contributed by atoms with Crippen LogP contribution in [0.3, 0.4) is 0 Å². The Bertz CT molecular complexity index is 306. The Hall–Kier alpha value is -1.35. The van der Waals surface area contributed by atoms with Crippen molar-refractivity contribution in [1.82, 2.24) is 5.32 Å². The summed E-state index contributed by atoms with van der Waals surface area (Å²) in [4.78, 5) is 10.5. The summed E-state index contributed by atoms with van der Waals surface area (Å²) < 4.78 is 4.87. The van der Waals surface area contributed by atoms with Gasteiger partial charge in [0.05, 0.1) is 6.61 Å². The molecule has 0 aliphatic carbocycles. The third-order valence-corrected chi connectivity index (χ3v) is 2.10. The highest BCUT2D eigenvalue weighted by Gasteiger charge is 1.96. The average Bonchev–Trinajstić information content (AvgIpc) is 2.20. The van der Waals surface area contributed by atoms with Crippen LogP contribution < -0.4 is 5.32 Å². The van der Waals surface area contributed by atoms with E-state index in [1.165, 1.54) is 18.1 Å². The van der Waals surface area contributed by atoms with Gasteiger partial charge >= 0.3 is 5.97 Å². The summed E-state index contributed by atoms with van der Waals surface area (Å²) in [5.74, 6) is -0.221. The fourth-order valence-corrected chi connectivity index (χ4v) is 1.34. The van der Waals surface area contributed by atoms with Crippen molar-refractivity contribution in [2.24, 2.45) is 0 Å². The van der Waals surface area contributed by atoms with Gasteiger partial charge in [0.25, 0.3) is 0 Å². The van der Waals surface area contributed by atoms with Gasteiger partial charge < -0.3 is 10.1 Å². The van der Waals surface area contributed by atoms with Gasteiger partial charge in [-0.2, -0.15) is 0 Å². The third kappa shape index (κ3) is 4.61. The molecule has 0 unspecified atom stereocenters. The zero-order chi connectivity index (χ0) is 11.1. The Labute approximate surface area is 90.4 Å². The number of benzene rings is 1. The number of ether oxygens (including phenoxy) is 1. The van der Waals surface area contributed by atoms with Crippen molar-refractivity contribution in [3.05, 3.63) is 35.4 Å². The van der Waals surface area contributed by atoms with E-state index < -0.39 is 0 Å². The zero-order valence-electron chi connectivity index (χ0n) is 9.25. The molecule has 0 amide bonds. The molecule has 3 nitrogen and oxygen atoms in total. The first-order chi connectivity index (χ1) is 7.22. The van der Waals surface area contributed by atoms with Crippen LogP contribution in [0, 0.1) is 0 Å². The number of nitrogens with one attached hydrogen (secondary N) is 1. The van der Waals surface area contributed by atoms with Crippen LogP contribution in [0.25, 0.3) is 0 Å². The summed E-state index contributed by atoms with van der Waals surface area (Å²) in [5, 5.41) is 3.09. The molecule has 0 aromatic heterocycles. The summed E-state index contributed by atoms with van der Waals surface area (Å²) in [6.07, 6.45) is 0.777. The fourth-order valence-electron chi connectivity index (χ4n) is 1.34. The molecule has 0 saturated heterocycles. The van der Waals surface area contributed by atoms with Crippen molar-refractivity contribution in [3.63, 3.8) is 0 Å². The van der Waals surface area contributed by atoms with Crippen LogP contribution in [-0.2, 0) is 22.5 Å². The molecule has 1 aromatic rings. The summed E-state index contributed by atoms with van der Waals surface area (Å²) in [6, 6.07) is 8.30. The first kappa shape index (κ1) is 11.7.